The Bertz CT molecular complexity index is 489. The highest BCUT2D eigenvalue weighted by molar-refractivity contribution is 6.32. The largest absolute Gasteiger partial charge is 0.308 e. The lowest BCUT2D eigenvalue weighted by Crippen LogP contribution is -2.11. The maximum absolute atomic E-state index is 6.09. The Morgan fingerprint density at radius 2 is 2.12 bits per heavy atom. The molecule has 0 saturated carbocycles. The van der Waals surface area contributed by atoms with Gasteiger partial charge in [0.1, 0.15) is 5.82 Å². The molecule has 0 fully saturated rings. The van der Waals surface area contributed by atoms with Gasteiger partial charge in [-0.1, -0.05) is 18.5 Å². The van der Waals surface area contributed by atoms with Gasteiger partial charge in [-0.25, -0.2) is 10.8 Å². The number of nitrogen functional groups attached to an aromatic ring is 1. The van der Waals surface area contributed by atoms with Gasteiger partial charge in [0, 0.05) is 10.4 Å². The van der Waals surface area contributed by atoms with Gasteiger partial charge in [0.05, 0.1) is 5.52 Å². The SMILES string of the molecule is CCc1cc2cc(Cl)c(C)cc2nc1NN. The summed E-state index contributed by atoms with van der Waals surface area (Å²) in [6.07, 6.45) is 0.883. The van der Waals surface area contributed by atoms with E-state index >= 15 is 0 Å². The highest BCUT2D eigenvalue weighted by atomic mass is 35.5. The normalized spacial score (nSPS) is 10.8. The fourth-order valence-electron chi connectivity index (χ4n) is 1.74. The molecule has 3 nitrogen and oxygen atoms in total. The van der Waals surface area contributed by atoms with Crippen molar-refractivity contribution in [1.82, 2.24) is 4.98 Å². The predicted molar refractivity (Wildman–Crippen MR) is 68.7 cm³/mol. The first-order valence-corrected chi connectivity index (χ1v) is 5.60. The quantitative estimate of drug-likeness (QED) is 0.621. The summed E-state index contributed by atoms with van der Waals surface area (Å²) < 4.78 is 0. The molecule has 1 aromatic carbocycles. The second-order valence-corrected chi connectivity index (χ2v) is 4.20. The highest BCUT2D eigenvalue weighted by Gasteiger charge is 2.06. The van der Waals surface area contributed by atoms with E-state index in [0.29, 0.717) is 0 Å². The number of nitrogens with one attached hydrogen (secondary N) is 1. The van der Waals surface area contributed by atoms with Crippen molar-refractivity contribution in [3.05, 3.63) is 34.3 Å². The monoisotopic (exact) mass is 235 g/mol. The number of halogens is 1. The molecule has 84 valence electrons. The minimum absolute atomic E-state index is 0.733. The molecule has 3 N–H and O–H groups in total. The summed E-state index contributed by atoms with van der Waals surface area (Å²) in [7, 11) is 0. The maximum Gasteiger partial charge on any atom is 0.143 e. The summed E-state index contributed by atoms with van der Waals surface area (Å²) in [5, 5.41) is 1.82. The van der Waals surface area contributed by atoms with Crippen molar-refractivity contribution in [2.75, 3.05) is 5.43 Å². The number of hydrazine groups is 1. The zero-order valence-corrected chi connectivity index (χ0v) is 10.1. The zero-order chi connectivity index (χ0) is 11.7. The van der Waals surface area contributed by atoms with Crippen LogP contribution >= 0.6 is 11.6 Å². The minimum Gasteiger partial charge on any atom is -0.308 e. The van der Waals surface area contributed by atoms with Gasteiger partial charge in [0.2, 0.25) is 0 Å². The first-order valence-electron chi connectivity index (χ1n) is 5.22. The van der Waals surface area contributed by atoms with Gasteiger partial charge in [-0.15, -0.1) is 0 Å². The number of aromatic nitrogens is 1. The molecule has 0 bridgehead atoms. The third-order valence-corrected chi connectivity index (χ3v) is 3.10. The van der Waals surface area contributed by atoms with Crippen LogP contribution in [0, 0.1) is 6.92 Å². The van der Waals surface area contributed by atoms with E-state index in [2.05, 4.69) is 23.4 Å². The van der Waals surface area contributed by atoms with Crippen LogP contribution in [0.25, 0.3) is 10.9 Å². The van der Waals surface area contributed by atoms with Gasteiger partial charge in [0.25, 0.3) is 0 Å². The highest BCUT2D eigenvalue weighted by Crippen LogP contribution is 2.25. The first-order chi connectivity index (χ1) is 7.65. The van der Waals surface area contributed by atoms with Crippen molar-refractivity contribution in [2.45, 2.75) is 20.3 Å². The van der Waals surface area contributed by atoms with Crippen LogP contribution < -0.4 is 11.3 Å². The molecule has 2 aromatic rings. The predicted octanol–water partition coefficient (Wildman–Crippen LogP) is 3.04. The van der Waals surface area contributed by atoms with E-state index in [1.54, 1.807) is 0 Å². The Morgan fingerprint density at radius 3 is 2.75 bits per heavy atom. The van der Waals surface area contributed by atoms with Crippen LogP contribution in [0.4, 0.5) is 5.82 Å². The van der Waals surface area contributed by atoms with E-state index in [9.17, 15) is 0 Å². The number of fused-ring (bicyclic) bond motifs is 1. The van der Waals surface area contributed by atoms with E-state index in [1.165, 1.54) is 0 Å². The van der Waals surface area contributed by atoms with Gasteiger partial charge in [-0.2, -0.15) is 0 Å². The number of benzene rings is 1. The van der Waals surface area contributed by atoms with E-state index in [4.69, 9.17) is 17.4 Å². The van der Waals surface area contributed by atoms with Crippen molar-refractivity contribution in [2.24, 2.45) is 5.84 Å². The number of hydrogen-bond acceptors (Lipinski definition) is 3. The number of anilines is 1. The van der Waals surface area contributed by atoms with E-state index in [0.717, 1.165) is 39.3 Å². The molecular weight excluding hydrogens is 222 g/mol. The van der Waals surface area contributed by atoms with Gasteiger partial charge in [-0.05, 0) is 42.7 Å². The molecule has 2 rings (SSSR count). The van der Waals surface area contributed by atoms with Crippen LogP contribution in [0.5, 0.6) is 0 Å². The Labute approximate surface area is 99.6 Å². The number of nitrogens with two attached hydrogens (primary N) is 1. The summed E-state index contributed by atoms with van der Waals surface area (Å²) in [5.41, 5.74) is 5.65. The lowest BCUT2D eigenvalue weighted by atomic mass is 10.1. The molecule has 1 aromatic heterocycles. The summed E-state index contributed by atoms with van der Waals surface area (Å²) >= 11 is 6.09. The van der Waals surface area contributed by atoms with Crippen LogP contribution in [-0.4, -0.2) is 4.98 Å². The lowest BCUT2D eigenvalue weighted by molar-refractivity contribution is 1.10. The second kappa shape index (κ2) is 4.28. The smallest absolute Gasteiger partial charge is 0.143 e. The molecule has 16 heavy (non-hydrogen) atoms. The van der Waals surface area contributed by atoms with Crippen molar-refractivity contribution in [1.29, 1.82) is 0 Å². The number of nitrogens with zero attached hydrogens (tertiary/aromatic N) is 1. The van der Waals surface area contributed by atoms with Crippen molar-refractivity contribution in [3.63, 3.8) is 0 Å². The Balaban J connectivity index is 2.73. The second-order valence-electron chi connectivity index (χ2n) is 3.79. The molecule has 0 unspecified atom stereocenters. The number of aryl methyl sites for hydroxylation is 2. The fourth-order valence-corrected chi connectivity index (χ4v) is 1.91. The fraction of sp³-hybridized carbons (Fsp3) is 0.250. The molecule has 0 amide bonds. The van der Waals surface area contributed by atoms with Gasteiger partial charge < -0.3 is 5.43 Å². The molecule has 0 spiro atoms. The zero-order valence-electron chi connectivity index (χ0n) is 9.34. The van der Waals surface area contributed by atoms with Gasteiger partial charge in [0.15, 0.2) is 0 Å². The third-order valence-electron chi connectivity index (χ3n) is 2.69. The number of pyridine rings is 1. The van der Waals surface area contributed by atoms with Gasteiger partial charge >= 0.3 is 0 Å². The topological polar surface area (TPSA) is 50.9 Å². The number of rotatable bonds is 2. The average molecular weight is 236 g/mol. The number of hydrogen-bond donors (Lipinski definition) is 2. The molecule has 1 heterocycles. The minimum atomic E-state index is 0.733. The van der Waals surface area contributed by atoms with E-state index < -0.39 is 0 Å². The van der Waals surface area contributed by atoms with Crippen LogP contribution in [0.15, 0.2) is 18.2 Å². The van der Waals surface area contributed by atoms with Crippen LogP contribution in [0.2, 0.25) is 5.02 Å². The molecule has 0 saturated heterocycles. The van der Waals surface area contributed by atoms with Crippen LogP contribution in [0.3, 0.4) is 0 Å². The maximum atomic E-state index is 6.09. The standard InChI is InChI=1S/C12H14ClN3/c1-3-8-5-9-6-10(13)7(2)4-11(9)15-12(8)16-14/h4-6H,3,14H2,1-2H3,(H,15,16). The summed E-state index contributed by atoms with van der Waals surface area (Å²) in [4.78, 5) is 4.47. The summed E-state index contributed by atoms with van der Waals surface area (Å²) in [5.74, 6) is 6.18. The molecule has 0 aliphatic heterocycles. The first kappa shape index (κ1) is 11.2. The van der Waals surface area contributed by atoms with Gasteiger partial charge in [-0.3, -0.25) is 0 Å². The Kier molecular flexibility index (Phi) is 2.99. The average Bonchev–Trinajstić information content (AvgIpc) is 2.29. The molecule has 0 aliphatic carbocycles. The molecular formula is C12H14ClN3. The summed E-state index contributed by atoms with van der Waals surface area (Å²) in [6.45, 7) is 4.03. The van der Waals surface area contributed by atoms with Crippen molar-refractivity contribution >= 4 is 28.3 Å². The van der Waals surface area contributed by atoms with Crippen LogP contribution in [-0.2, 0) is 6.42 Å². The Morgan fingerprint density at radius 1 is 1.38 bits per heavy atom. The van der Waals surface area contributed by atoms with E-state index in [-0.39, 0.29) is 0 Å². The molecule has 4 heteroatoms. The van der Waals surface area contributed by atoms with Crippen molar-refractivity contribution < 1.29 is 0 Å². The third kappa shape index (κ3) is 1.84. The molecule has 0 atom stereocenters. The van der Waals surface area contributed by atoms with E-state index in [1.807, 2.05) is 19.1 Å². The van der Waals surface area contributed by atoms with Crippen LogP contribution in [0.1, 0.15) is 18.1 Å². The Hall–Kier alpha value is -1.32. The van der Waals surface area contributed by atoms with Crippen molar-refractivity contribution in [3.8, 4) is 0 Å². The summed E-state index contributed by atoms with van der Waals surface area (Å²) in [6, 6.07) is 5.99. The lowest BCUT2D eigenvalue weighted by Gasteiger charge is -2.09. The molecule has 0 radical (unpaired) electrons. The molecule has 0 aliphatic rings.